The van der Waals surface area contributed by atoms with Crippen LogP contribution in [0.4, 0.5) is 5.69 Å². The molecule has 1 atom stereocenters. The van der Waals surface area contributed by atoms with Gasteiger partial charge in [0, 0.05) is 43.3 Å². The van der Waals surface area contributed by atoms with Crippen LogP contribution in [0.2, 0.25) is 0 Å². The predicted molar refractivity (Wildman–Crippen MR) is 108 cm³/mol. The molecule has 2 aromatic rings. The van der Waals surface area contributed by atoms with Crippen LogP contribution >= 0.6 is 0 Å². The first kappa shape index (κ1) is 18.9. The monoisotopic (exact) mass is 394 g/mol. The van der Waals surface area contributed by atoms with Gasteiger partial charge in [0.25, 0.3) is 0 Å². The molecule has 2 amide bonds. The first-order chi connectivity index (χ1) is 14.1. The van der Waals surface area contributed by atoms with Gasteiger partial charge in [-0.05, 0) is 35.9 Å². The van der Waals surface area contributed by atoms with Crippen molar-refractivity contribution in [2.75, 3.05) is 31.9 Å². The van der Waals surface area contributed by atoms with Crippen LogP contribution in [0.1, 0.15) is 12.0 Å². The minimum absolute atomic E-state index is 0.0388. The van der Waals surface area contributed by atoms with Crippen LogP contribution in [0.3, 0.4) is 0 Å². The molecule has 2 heterocycles. The Morgan fingerprint density at radius 2 is 2.00 bits per heavy atom. The van der Waals surface area contributed by atoms with Crippen molar-refractivity contribution in [3.05, 3.63) is 54.1 Å². The zero-order valence-electron chi connectivity index (χ0n) is 16.1. The quantitative estimate of drug-likeness (QED) is 0.762. The van der Waals surface area contributed by atoms with Crippen molar-refractivity contribution >= 4 is 23.6 Å². The minimum atomic E-state index is -0.185. The second-order valence-electron chi connectivity index (χ2n) is 6.96. The Bertz CT molecular complexity index is 939. The summed E-state index contributed by atoms with van der Waals surface area (Å²) in [5, 5.41) is 2.88. The van der Waals surface area contributed by atoms with Gasteiger partial charge in [0.05, 0.1) is 7.11 Å². The normalized spacial score (nSPS) is 17.8. The third-order valence-electron chi connectivity index (χ3n) is 4.98. The van der Waals surface area contributed by atoms with E-state index in [1.54, 1.807) is 18.1 Å². The Labute approximate surface area is 168 Å². The van der Waals surface area contributed by atoms with Crippen molar-refractivity contribution in [3.63, 3.8) is 0 Å². The Morgan fingerprint density at radius 3 is 2.79 bits per heavy atom. The summed E-state index contributed by atoms with van der Waals surface area (Å²) in [4.78, 5) is 26.2. The highest BCUT2D eigenvalue weighted by molar-refractivity contribution is 5.96. The van der Waals surface area contributed by atoms with Gasteiger partial charge in [-0.1, -0.05) is 12.1 Å². The number of benzene rings is 2. The zero-order valence-corrected chi connectivity index (χ0v) is 16.1. The lowest BCUT2D eigenvalue weighted by molar-refractivity contribution is -0.118. The lowest BCUT2D eigenvalue weighted by Gasteiger charge is -2.17. The summed E-state index contributed by atoms with van der Waals surface area (Å²) in [6.07, 6.45) is 3.64. The number of rotatable bonds is 6. The van der Waals surface area contributed by atoms with Gasteiger partial charge in [-0.2, -0.15) is 0 Å². The number of hydrogen-bond acceptors (Lipinski definition) is 5. The van der Waals surface area contributed by atoms with E-state index in [2.05, 4.69) is 5.32 Å². The molecule has 2 aliphatic heterocycles. The number of carbonyl (C=O) groups is 2. The highest BCUT2D eigenvalue weighted by Gasteiger charge is 2.31. The van der Waals surface area contributed by atoms with Gasteiger partial charge in [0.15, 0.2) is 11.5 Å². The van der Waals surface area contributed by atoms with Gasteiger partial charge in [-0.15, -0.1) is 0 Å². The molecule has 0 radical (unpaired) electrons. The van der Waals surface area contributed by atoms with E-state index in [-0.39, 0.29) is 24.5 Å². The average Bonchev–Trinajstić information content (AvgIpc) is 3.36. The SMILES string of the molecule is COc1ccc(/C=C\C(=O)NCC2CC(=O)N(c3ccc4c(c3)OCO4)C2)cc1. The van der Waals surface area contributed by atoms with Gasteiger partial charge in [-0.25, -0.2) is 0 Å². The summed E-state index contributed by atoms with van der Waals surface area (Å²) in [5.41, 5.74) is 1.69. The van der Waals surface area contributed by atoms with Crippen LogP contribution in [0.15, 0.2) is 48.5 Å². The topological polar surface area (TPSA) is 77.1 Å². The molecule has 2 aliphatic rings. The number of ether oxygens (including phenoxy) is 3. The maximum atomic E-state index is 12.4. The predicted octanol–water partition coefficient (Wildman–Crippen LogP) is 2.61. The lowest BCUT2D eigenvalue weighted by Crippen LogP contribution is -2.30. The molecule has 0 spiro atoms. The van der Waals surface area contributed by atoms with Crippen molar-refractivity contribution in [3.8, 4) is 17.2 Å². The summed E-state index contributed by atoms with van der Waals surface area (Å²) in [5.74, 6) is 2.02. The number of amides is 2. The van der Waals surface area contributed by atoms with Crippen LogP contribution in [-0.2, 0) is 9.59 Å². The standard InChI is InChI=1S/C22H22N2O5/c1-27-18-6-2-15(3-7-18)4-9-21(25)23-12-16-10-22(26)24(13-16)17-5-8-19-20(11-17)29-14-28-19/h2-9,11,16H,10,12-14H2,1H3,(H,23,25)/b9-4-. The molecule has 7 nitrogen and oxygen atoms in total. The second kappa shape index (κ2) is 8.26. The largest absolute Gasteiger partial charge is 0.497 e. The number of methoxy groups -OCH3 is 1. The number of hydrogen-bond donors (Lipinski definition) is 1. The van der Waals surface area contributed by atoms with E-state index < -0.39 is 0 Å². The summed E-state index contributed by atoms with van der Waals surface area (Å²) in [6.45, 7) is 1.20. The molecule has 4 rings (SSSR count). The third kappa shape index (κ3) is 4.34. The fourth-order valence-electron chi connectivity index (χ4n) is 3.41. The second-order valence-corrected chi connectivity index (χ2v) is 6.96. The van der Waals surface area contributed by atoms with Crippen molar-refractivity contribution in [2.24, 2.45) is 5.92 Å². The van der Waals surface area contributed by atoms with E-state index in [9.17, 15) is 9.59 Å². The Hall–Kier alpha value is -3.48. The molecule has 1 N–H and O–H groups in total. The smallest absolute Gasteiger partial charge is 0.244 e. The van der Waals surface area contributed by atoms with Crippen LogP contribution in [0.25, 0.3) is 6.08 Å². The summed E-state index contributed by atoms with van der Waals surface area (Å²) >= 11 is 0. The van der Waals surface area contributed by atoms with E-state index >= 15 is 0 Å². The van der Waals surface area contributed by atoms with Crippen molar-refractivity contribution in [1.29, 1.82) is 0 Å². The van der Waals surface area contributed by atoms with Crippen LogP contribution < -0.4 is 24.4 Å². The van der Waals surface area contributed by atoms with E-state index in [1.807, 2.05) is 42.5 Å². The molecule has 0 aromatic heterocycles. The molecule has 0 saturated carbocycles. The van der Waals surface area contributed by atoms with Crippen molar-refractivity contribution in [1.82, 2.24) is 5.32 Å². The number of anilines is 1. The molecule has 1 saturated heterocycles. The first-order valence-corrected chi connectivity index (χ1v) is 9.42. The zero-order chi connectivity index (χ0) is 20.2. The highest BCUT2D eigenvalue weighted by Crippen LogP contribution is 2.37. The molecule has 1 unspecified atom stereocenters. The molecule has 0 aliphatic carbocycles. The van der Waals surface area contributed by atoms with E-state index in [1.165, 1.54) is 6.08 Å². The average molecular weight is 394 g/mol. The Kier molecular flexibility index (Phi) is 5.37. The first-order valence-electron chi connectivity index (χ1n) is 9.42. The van der Waals surface area contributed by atoms with E-state index in [0.717, 1.165) is 17.0 Å². The number of carbonyl (C=O) groups excluding carboxylic acids is 2. The minimum Gasteiger partial charge on any atom is -0.497 e. The number of nitrogens with zero attached hydrogens (tertiary/aromatic N) is 1. The van der Waals surface area contributed by atoms with Crippen molar-refractivity contribution < 1.29 is 23.8 Å². The molecule has 0 bridgehead atoms. The fraction of sp³-hybridized carbons (Fsp3) is 0.273. The molecular weight excluding hydrogens is 372 g/mol. The molecular formula is C22H22N2O5. The third-order valence-corrected chi connectivity index (χ3v) is 4.98. The van der Waals surface area contributed by atoms with Crippen molar-refractivity contribution in [2.45, 2.75) is 6.42 Å². The van der Waals surface area contributed by atoms with E-state index in [0.29, 0.717) is 31.0 Å². The fourth-order valence-corrected chi connectivity index (χ4v) is 3.41. The van der Waals surface area contributed by atoms with Gasteiger partial charge in [0.2, 0.25) is 18.6 Å². The van der Waals surface area contributed by atoms with Crippen LogP contribution in [0.5, 0.6) is 17.2 Å². The van der Waals surface area contributed by atoms with Gasteiger partial charge in [-0.3, -0.25) is 9.59 Å². The molecule has 29 heavy (non-hydrogen) atoms. The van der Waals surface area contributed by atoms with E-state index in [4.69, 9.17) is 14.2 Å². The molecule has 150 valence electrons. The molecule has 7 heteroatoms. The maximum absolute atomic E-state index is 12.4. The van der Waals surface area contributed by atoms with Gasteiger partial charge < -0.3 is 24.4 Å². The maximum Gasteiger partial charge on any atom is 0.244 e. The Morgan fingerprint density at radius 1 is 1.21 bits per heavy atom. The van der Waals surface area contributed by atoms with Crippen LogP contribution in [0, 0.1) is 5.92 Å². The Balaban J connectivity index is 1.29. The summed E-state index contributed by atoms with van der Waals surface area (Å²) in [7, 11) is 1.61. The van der Waals surface area contributed by atoms with Crippen LogP contribution in [-0.4, -0.2) is 38.8 Å². The molecule has 1 fully saturated rings. The van der Waals surface area contributed by atoms with Gasteiger partial charge >= 0.3 is 0 Å². The highest BCUT2D eigenvalue weighted by atomic mass is 16.7. The summed E-state index contributed by atoms with van der Waals surface area (Å²) < 4.78 is 15.8. The lowest BCUT2D eigenvalue weighted by atomic mass is 10.1. The summed E-state index contributed by atoms with van der Waals surface area (Å²) in [6, 6.07) is 12.9. The van der Waals surface area contributed by atoms with Gasteiger partial charge in [0.1, 0.15) is 5.75 Å². The number of nitrogens with one attached hydrogen (secondary N) is 1. The molecule has 2 aromatic carbocycles. The number of fused-ring (bicyclic) bond motifs is 1.